The van der Waals surface area contributed by atoms with Crippen molar-refractivity contribution in [1.82, 2.24) is 9.97 Å². The molecule has 0 fully saturated rings. The van der Waals surface area contributed by atoms with Gasteiger partial charge in [-0.3, -0.25) is 0 Å². The molecule has 0 aliphatic rings. The third-order valence-corrected chi connectivity index (χ3v) is 3.54. The average Bonchev–Trinajstić information content (AvgIpc) is 2.27. The molecule has 0 bridgehead atoms. The number of halogens is 1. The molecule has 2 aromatic rings. The number of nitrogens with zero attached hydrogens (tertiary/aromatic N) is 1. The minimum absolute atomic E-state index is 0.632. The van der Waals surface area contributed by atoms with Gasteiger partial charge in [0.15, 0.2) is 0 Å². The summed E-state index contributed by atoms with van der Waals surface area (Å²) in [4.78, 5) is 7.47. The predicted octanol–water partition coefficient (Wildman–Crippen LogP) is 4.38. The van der Waals surface area contributed by atoms with Crippen molar-refractivity contribution >= 4 is 23.8 Å². The summed E-state index contributed by atoms with van der Waals surface area (Å²) in [6.07, 6.45) is 0. The summed E-state index contributed by atoms with van der Waals surface area (Å²) in [5.41, 5.74) is 4.07. The molecule has 2 nitrogen and oxygen atoms in total. The van der Waals surface area contributed by atoms with E-state index in [0.29, 0.717) is 4.64 Å². The van der Waals surface area contributed by atoms with Gasteiger partial charge in [-0.05, 0) is 38.0 Å². The Labute approximate surface area is 111 Å². The lowest BCUT2D eigenvalue weighted by atomic mass is 10.1. The van der Waals surface area contributed by atoms with Crippen molar-refractivity contribution in [1.29, 1.82) is 0 Å². The fourth-order valence-corrected chi connectivity index (χ4v) is 2.10. The van der Waals surface area contributed by atoms with Crippen LogP contribution >= 0.6 is 23.8 Å². The molecule has 0 aliphatic heterocycles. The van der Waals surface area contributed by atoms with Gasteiger partial charge in [-0.15, -0.1) is 0 Å². The second-order valence-corrected chi connectivity index (χ2v) is 4.89. The number of H-pyrrole nitrogens is 1. The number of nitrogens with one attached hydrogen (secondary N) is 1. The first kappa shape index (κ1) is 12.3. The fourth-order valence-electron chi connectivity index (χ4n) is 1.68. The molecule has 0 aliphatic carbocycles. The van der Waals surface area contributed by atoms with Crippen molar-refractivity contribution in [2.75, 3.05) is 0 Å². The van der Waals surface area contributed by atoms with Crippen LogP contribution in [0.2, 0.25) is 5.02 Å². The third kappa shape index (κ3) is 2.40. The number of rotatable bonds is 1. The van der Waals surface area contributed by atoms with E-state index in [1.54, 1.807) is 0 Å². The quantitative estimate of drug-likeness (QED) is 0.774. The summed E-state index contributed by atoms with van der Waals surface area (Å²) >= 11 is 11.4. The zero-order chi connectivity index (χ0) is 12.6. The number of aromatic nitrogens is 2. The molecule has 1 N–H and O–H groups in total. The van der Waals surface area contributed by atoms with E-state index in [9.17, 15) is 0 Å². The number of hydrogen-bond donors (Lipinski definition) is 1. The van der Waals surface area contributed by atoms with E-state index >= 15 is 0 Å². The van der Waals surface area contributed by atoms with Crippen LogP contribution in [-0.2, 0) is 0 Å². The lowest BCUT2D eigenvalue weighted by Gasteiger charge is -2.09. The first-order chi connectivity index (χ1) is 7.99. The summed E-state index contributed by atoms with van der Waals surface area (Å²) in [6, 6.07) is 5.99. The Morgan fingerprint density at radius 2 is 1.94 bits per heavy atom. The highest BCUT2D eigenvalue weighted by Crippen LogP contribution is 2.26. The summed E-state index contributed by atoms with van der Waals surface area (Å²) in [5.74, 6) is 0.812. The molecule has 17 heavy (non-hydrogen) atoms. The molecule has 1 aromatic carbocycles. The number of aromatic amines is 1. The van der Waals surface area contributed by atoms with Gasteiger partial charge in [0.25, 0.3) is 0 Å². The van der Waals surface area contributed by atoms with Crippen molar-refractivity contribution in [2.45, 2.75) is 20.8 Å². The topological polar surface area (TPSA) is 28.7 Å². The van der Waals surface area contributed by atoms with E-state index in [-0.39, 0.29) is 0 Å². The molecule has 2 rings (SSSR count). The Balaban J connectivity index is 2.68. The summed E-state index contributed by atoms with van der Waals surface area (Å²) in [5, 5.41) is 0.760. The van der Waals surface area contributed by atoms with E-state index in [0.717, 1.165) is 33.2 Å². The monoisotopic (exact) mass is 264 g/mol. The van der Waals surface area contributed by atoms with Crippen LogP contribution in [0.5, 0.6) is 0 Å². The van der Waals surface area contributed by atoms with Crippen LogP contribution in [0.25, 0.3) is 11.3 Å². The first-order valence-electron chi connectivity index (χ1n) is 5.33. The molecule has 0 atom stereocenters. The summed E-state index contributed by atoms with van der Waals surface area (Å²) in [7, 11) is 0. The Kier molecular flexibility index (Phi) is 3.31. The van der Waals surface area contributed by atoms with Gasteiger partial charge in [0, 0.05) is 10.6 Å². The van der Waals surface area contributed by atoms with Crippen LogP contribution in [0, 0.1) is 25.4 Å². The molecule has 0 unspecified atom stereocenters. The maximum absolute atomic E-state index is 6.14. The molecule has 0 saturated heterocycles. The first-order valence-corrected chi connectivity index (χ1v) is 6.11. The van der Waals surface area contributed by atoms with Gasteiger partial charge in [-0.2, -0.15) is 0 Å². The smallest absolute Gasteiger partial charge is 0.133 e. The van der Waals surface area contributed by atoms with E-state index in [4.69, 9.17) is 23.8 Å². The van der Waals surface area contributed by atoms with Gasteiger partial charge < -0.3 is 4.98 Å². The molecule has 1 aromatic heterocycles. The molecule has 0 saturated carbocycles. The molecule has 0 spiro atoms. The lowest BCUT2D eigenvalue weighted by molar-refractivity contribution is 1.02. The van der Waals surface area contributed by atoms with E-state index < -0.39 is 0 Å². The molecule has 0 amide bonds. The maximum atomic E-state index is 6.14. The lowest BCUT2D eigenvalue weighted by Crippen LogP contribution is -1.96. The third-order valence-electron chi connectivity index (χ3n) is 2.73. The van der Waals surface area contributed by atoms with Crippen molar-refractivity contribution in [3.8, 4) is 11.3 Å². The van der Waals surface area contributed by atoms with Gasteiger partial charge >= 0.3 is 0 Å². The van der Waals surface area contributed by atoms with Gasteiger partial charge in [0.2, 0.25) is 0 Å². The predicted molar refractivity (Wildman–Crippen MR) is 74.1 cm³/mol. The van der Waals surface area contributed by atoms with Crippen molar-refractivity contribution in [3.63, 3.8) is 0 Å². The number of benzene rings is 1. The summed E-state index contributed by atoms with van der Waals surface area (Å²) < 4.78 is 0.632. The highest BCUT2D eigenvalue weighted by atomic mass is 35.5. The van der Waals surface area contributed by atoms with Gasteiger partial charge in [0.05, 0.1) is 5.69 Å². The second kappa shape index (κ2) is 4.59. The van der Waals surface area contributed by atoms with Crippen LogP contribution in [0.4, 0.5) is 0 Å². The van der Waals surface area contributed by atoms with E-state index in [2.05, 4.69) is 9.97 Å². The maximum Gasteiger partial charge on any atom is 0.133 e. The van der Waals surface area contributed by atoms with Crippen LogP contribution < -0.4 is 0 Å². The van der Waals surface area contributed by atoms with Crippen LogP contribution in [0.15, 0.2) is 18.2 Å². The van der Waals surface area contributed by atoms with Gasteiger partial charge in [-0.1, -0.05) is 36.0 Å². The largest absolute Gasteiger partial charge is 0.343 e. The minimum Gasteiger partial charge on any atom is -0.343 e. The van der Waals surface area contributed by atoms with E-state index in [1.807, 2.05) is 39.0 Å². The molecular formula is C13H13ClN2S. The minimum atomic E-state index is 0.632. The number of hydrogen-bond acceptors (Lipinski definition) is 2. The van der Waals surface area contributed by atoms with Crippen molar-refractivity contribution in [2.24, 2.45) is 0 Å². The zero-order valence-corrected chi connectivity index (χ0v) is 11.5. The molecule has 88 valence electrons. The molecule has 4 heteroatoms. The molecule has 0 radical (unpaired) electrons. The van der Waals surface area contributed by atoms with Crippen molar-refractivity contribution in [3.05, 3.63) is 44.8 Å². The van der Waals surface area contributed by atoms with Crippen LogP contribution in [0.1, 0.15) is 17.0 Å². The van der Waals surface area contributed by atoms with Crippen LogP contribution in [-0.4, -0.2) is 9.97 Å². The summed E-state index contributed by atoms with van der Waals surface area (Å²) in [6.45, 7) is 5.85. The van der Waals surface area contributed by atoms with Gasteiger partial charge in [0.1, 0.15) is 10.5 Å². The van der Waals surface area contributed by atoms with Crippen molar-refractivity contribution < 1.29 is 0 Å². The zero-order valence-electron chi connectivity index (χ0n) is 9.97. The van der Waals surface area contributed by atoms with E-state index in [1.165, 1.54) is 0 Å². The highest BCUT2D eigenvalue weighted by molar-refractivity contribution is 7.71. The Hall–Kier alpha value is -1.19. The Morgan fingerprint density at radius 3 is 2.59 bits per heavy atom. The van der Waals surface area contributed by atoms with Crippen LogP contribution in [0.3, 0.4) is 0 Å². The standard InChI is InChI=1S/C13H13ClN2S/c1-7-4-5-10(6-11(7)14)12-8(2)13(17)16-9(3)15-12/h4-6H,1-3H3,(H,15,16,17). The highest BCUT2D eigenvalue weighted by Gasteiger charge is 2.07. The second-order valence-electron chi connectivity index (χ2n) is 4.09. The molecule has 1 heterocycles. The Bertz CT molecular complexity index is 632. The van der Waals surface area contributed by atoms with Gasteiger partial charge in [-0.25, -0.2) is 4.98 Å². The number of aryl methyl sites for hydroxylation is 2. The Morgan fingerprint density at radius 1 is 1.24 bits per heavy atom. The average molecular weight is 265 g/mol. The molecular weight excluding hydrogens is 252 g/mol. The SMILES string of the molecule is Cc1nc(=S)c(C)c(-c2ccc(C)c(Cl)c2)[nH]1. The normalized spacial score (nSPS) is 10.6. The fraction of sp³-hybridized carbons (Fsp3) is 0.231.